The molecule has 9 heteroatoms. The lowest BCUT2D eigenvalue weighted by Gasteiger charge is -2.26. The Morgan fingerprint density at radius 1 is 1.17 bits per heavy atom. The average Bonchev–Trinajstić information content (AvgIpc) is 3.12. The highest BCUT2D eigenvalue weighted by Crippen LogP contribution is 2.37. The van der Waals surface area contributed by atoms with E-state index >= 15 is 0 Å². The Kier molecular flexibility index (Phi) is 7.28. The van der Waals surface area contributed by atoms with Crippen molar-refractivity contribution in [3.8, 4) is 11.5 Å². The number of nitrogens with zero attached hydrogens (tertiary/aromatic N) is 2. The smallest absolute Gasteiger partial charge is 0.338 e. The Labute approximate surface area is 215 Å². The first-order valence-corrected chi connectivity index (χ1v) is 12.6. The van der Waals surface area contributed by atoms with Gasteiger partial charge in [0, 0.05) is 10.0 Å². The van der Waals surface area contributed by atoms with Gasteiger partial charge in [0.25, 0.3) is 5.56 Å². The van der Waals surface area contributed by atoms with Gasteiger partial charge in [0.15, 0.2) is 4.80 Å². The molecule has 0 radical (unpaired) electrons. The molecular formula is C26H25BrN2O5S. The molecular weight excluding hydrogens is 532 g/mol. The predicted molar refractivity (Wildman–Crippen MR) is 139 cm³/mol. The Bertz CT molecular complexity index is 1500. The van der Waals surface area contributed by atoms with Crippen molar-refractivity contribution in [3.05, 3.63) is 89.0 Å². The zero-order chi connectivity index (χ0) is 25.3. The lowest BCUT2D eigenvalue weighted by molar-refractivity contribution is -0.143. The van der Waals surface area contributed by atoms with Crippen molar-refractivity contribution in [3.63, 3.8) is 0 Å². The van der Waals surface area contributed by atoms with E-state index in [1.54, 1.807) is 51.7 Å². The fourth-order valence-electron chi connectivity index (χ4n) is 3.96. The second-order valence-corrected chi connectivity index (χ2v) is 10.1. The molecule has 0 N–H and O–H groups in total. The fourth-order valence-corrected chi connectivity index (χ4v) is 5.38. The molecule has 0 fully saturated rings. The number of methoxy groups -OCH3 is 2. The summed E-state index contributed by atoms with van der Waals surface area (Å²) in [4.78, 5) is 32.1. The topological polar surface area (TPSA) is 79.1 Å². The first-order chi connectivity index (χ1) is 16.7. The number of halogens is 1. The molecule has 1 atom stereocenters. The Hall–Kier alpha value is -3.17. The zero-order valence-corrected chi connectivity index (χ0v) is 22.4. The molecule has 0 saturated carbocycles. The minimum Gasteiger partial charge on any atom is -0.497 e. The quantitative estimate of drug-likeness (QED) is 0.429. The van der Waals surface area contributed by atoms with Crippen LogP contribution in [0.25, 0.3) is 6.08 Å². The number of fused-ring (bicyclic) bond motifs is 1. The van der Waals surface area contributed by atoms with E-state index in [2.05, 4.69) is 20.9 Å². The summed E-state index contributed by atoms with van der Waals surface area (Å²) in [6, 6.07) is 12.2. The van der Waals surface area contributed by atoms with Crippen LogP contribution in [0.4, 0.5) is 0 Å². The van der Waals surface area contributed by atoms with Gasteiger partial charge in [-0.3, -0.25) is 9.36 Å². The third-order valence-electron chi connectivity index (χ3n) is 5.46. The normalized spacial score (nSPS) is 15.6. The van der Waals surface area contributed by atoms with Crippen molar-refractivity contribution in [2.24, 2.45) is 4.99 Å². The summed E-state index contributed by atoms with van der Waals surface area (Å²) in [6.07, 6.45) is 1.47. The van der Waals surface area contributed by atoms with Gasteiger partial charge in [-0.15, -0.1) is 0 Å². The molecule has 1 aliphatic heterocycles. The van der Waals surface area contributed by atoms with Gasteiger partial charge in [-0.1, -0.05) is 39.4 Å². The molecule has 1 aliphatic rings. The molecule has 1 aromatic heterocycles. The van der Waals surface area contributed by atoms with E-state index in [4.69, 9.17) is 14.2 Å². The van der Waals surface area contributed by atoms with E-state index < -0.39 is 12.0 Å². The highest BCUT2D eigenvalue weighted by molar-refractivity contribution is 9.10. The molecule has 3 aromatic rings. The number of benzene rings is 2. The maximum Gasteiger partial charge on any atom is 0.338 e. The number of aromatic nitrogens is 1. The second-order valence-electron chi connectivity index (χ2n) is 8.20. The van der Waals surface area contributed by atoms with Gasteiger partial charge >= 0.3 is 5.97 Å². The van der Waals surface area contributed by atoms with E-state index in [-0.39, 0.29) is 11.7 Å². The molecule has 35 heavy (non-hydrogen) atoms. The Balaban J connectivity index is 1.99. The summed E-state index contributed by atoms with van der Waals surface area (Å²) in [5.41, 5.74) is 2.01. The van der Waals surface area contributed by atoms with Gasteiger partial charge in [0.2, 0.25) is 0 Å². The van der Waals surface area contributed by atoms with Crippen LogP contribution in [0.15, 0.2) is 68.0 Å². The van der Waals surface area contributed by atoms with Crippen LogP contribution in [-0.4, -0.2) is 30.9 Å². The molecule has 2 heterocycles. The van der Waals surface area contributed by atoms with Crippen LogP contribution in [-0.2, 0) is 9.53 Å². The van der Waals surface area contributed by atoms with Crippen LogP contribution in [0.3, 0.4) is 0 Å². The SMILES string of the molecule is COc1cccc(/C=c2\sc3n(c2=O)[C@@H](c2cc(Br)ccc2OC)C(C(=O)OC(C)C)=C(C)N=3)c1. The standard InChI is InChI=1S/C26H25BrN2O5S/c1-14(2)34-25(31)22-15(3)28-26-29(23(22)19-13-17(27)9-10-20(19)33-5)24(30)21(35-26)12-16-7-6-8-18(11-16)32-4/h6-14,23H,1-5H3/b21-12-/t23-/m0/s1. The predicted octanol–water partition coefficient (Wildman–Crippen LogP) is 3.97. The van der Waals surface area contributed by atoms with Crippen LogP contribution in [0, 0.1) is 0 Å². The zero-order valence-electron chi connectivity index (χ0n) is 20.0. The second kappa shape index (κ2) is 10.2. The number of allylic oxidation sites excluding steroid dienone is 1. The van der Waals surface area contributed by atoms with Crippen molar-refractivity contribution in [1.82, 2.24) is 4.57 Å². The lowest BCUT2D eigenvalue weighted by Crippen LogP contribution is -2.40. The van der Waals surface area contributed by atoms with Gasteiger partial charge in [-0.2, -0.15) is 0 Å². The molecule has 7 nitrogen and oxygen atoms in total. The summed E-state index contributed by atoms with van der Waals surface area (Å²) in [6.45, 7) is 5.32. The first kappa shape index (κ1) is 24.9. The van der Waals surface area contributed by atoms with Gasteiger partial charge < -0.3 is 14.2 Å². The molecule has 0 spiro atoms. The van der Waals surface area contributed by atoms with Crippen LogP contribution >= 0.6 is 27.3 Å². The summed E-state index contributed by atoms with van der Waals surface area (Å²) in [5.74, 6) is 0.721. The van der Waals surface area contributed by atoms with Crippen LogP contribution in [0.1, 0.15) is 37.9 Å². The summed E-state index contributed by atoms with van der Waals surface area (Å²) >= 11 is 4.78. The van der Waals surface area contributed by atoms with Crippen LogP contribution in [0.5, 0.6) is 11.5 Å². The van der Waals surface area contributed by atoms with Crippen molar-refractivity contribution in [2.45, 2.75) is 32.9 Å². The molecule has 0 bridgehead atoms. The van der Waals surface area contributed by atoms with Crippen LogP contribution in [0.2, 0.25) is 0 Å². The lowest BCUT2D eigenvalue weighted by atomic mass is 9.95. The molecule has 0 amide bonds. The Morgan fingerprint density at radius 3 is 2.63 bits per heavy atom. The number of hydrogen-bond donors (Lipinski definition) is 0. The van der Waals surface area contributed by atoms with E-state index in [9.17, 15) is 9.59 Å². The number of carbonyl (C=O) groups is 1. The molecule has 0 unspecified atom stereocenters. The molecule has 4 rings (SSSR count). The maximum atomic E-state index is 13.8. The molecule has 2 aromatic carbocycles. The van der Waals surface area contributed by atoms with Gasteiger partial charge in [-0.25, -0.2) is 9.79 Å². The minimum absolute atomic E-state index is 0.258. The van der Waals surface area contributed by atoms with Crippen LogP contribution < -0.4 is 24.4 Å². The van der Waals surface area contributed by atoms with Crippen molar-refractivity contribution < 1.29 is 19.0 Å². The number of esters is 1. The average molecular weight is 557 g/mol. The summed E-state index contributed by atoms with van der Waals surface area (Å²) < 4.78 is 19.3. The monoisotopic (exact) mass is 556 g/mol. The molecule has 0 aliphatic carbocycles. The number of ether oxygens (including phenoxy) is 3. The summed E-state index contributed by atoms with van der Waals surface area (Å²) in [5, 5.41) is 0. The van der Waals surface area contributed by atoms with Crippen molar-refractivity contribution >= 4 is 39.3 Å². The third kappa shape index (κ3) is 4.97. The number of rotatable bonds is 6. The van der Waals surface area contributed by atoms with Crippen molar-refractivity contribution in [2.75, 3.05) is 14.2 Å². The van der Waals surface area contributed by atoms with E-state index in [0.29, 0.717) is 37.7 Å². The van der Waals surface area contributed by atoms with Gasteiger partial charge in [-0.05, 0) is 62.7 Å². The highest BCUT2D eigenvalue weighted by atomic mass is 79.9. The van der Waals surface area contributed by atoms with Crippen molar-refractivity contribution in [1.29, 1.82) is 0 Å². The van der Waals surface area contributed by atoms with E-state index in [1.807, 2.05) is 36.4 Å². The molecule has 0 saturated heterocycles. The van der Waals surface area contributed by atoms with Gasteiger partial charge in [0.1, 0.15) is 17.5 Å². The fraction of sp³-hybridized carbons (Fsp3) is 0.269. The number of thiazole rings is 1. The highest BCUT2D eigenvalue weighted by Gasteiger charge is 2.35. The number of hydrogen-bond acceptors (Lipinski definition) is 7. The van der Waals surface area contributed by atoms with E-state index in [1.165, 1.54) is 11.3 Å². The molecule has 182 valence electrons. The van der Waals surface area contributed by atoms with E-state index in [0.717, 1.165) is 10.0 Å². The number of carbonyl (C=O) groups excluding carboxylic acids is 1. The first-order valence-electron chi connectivity index (χ1n) is 10.9. The Morgan fingerprint density at radius 2 is 1.94 bits per heavy atom. The largest absolute Gasteiger partial charge is 0.497 e. The maximum absolute atomic E-state index is 13.8. The minimum atomic E-state index is -0.766. The summed E-state index contributed by atoms with van der Waals surface area (Å²) in [7, 11) is 3.15. The third-order valence-corrected chi connectivity index (χ3v) is 6.94. The van der Waals surface area contributed by atoms with Gasteiger partial charge in [0.05, 0.1) is 36.1 Å².